The zero-order valence-corrected chi connectivity index (χ0v) is 11.6. The topological polar surface area (TPSA) is 94.1 Å². The molecule has 2 rings (SSSR count). The molecule has 1 heterocycles. The molecule has 7 heteroatoms. The SMILES string of the molecule is CC(C)(C)n1c(CO)nnc1-c1ccc([N+](=O)[O-])cc1. The molecule has 0 unspecified atom stereocenters. The van der Waals surface area contributed by atoms with E-state index in [2.05, 4.69) is 10.2 Å². The molecule has 7 nitrogen and oxygen atoms in total. The lowest BCUT2D eigenvalue weighted by Crippen LogP contribution is -2.25. The number of benzene rings is 1. The molecule has 20 heavy (non-hydrogen) atoms. The number of hydrogen-bond acceptors (Lipinski definition) is 5. The molecular weight excluding hydrogens is 260 g/mol. The van der Waals surface area contributed by atoms with Crippen molar-refractivity contribution < 1.29 is 10.0 Å². The first kappa shape index (κ1) is 14.1. The summed E-state index contributed by atoms with van der Waals surface area (Å²) in [6, 6.07) is 6.11. The summed E-state index contributed by atoms with van der Waals surface area (Å²) in [5, 5.41) is 28.1. The highest BCUT2D eigenvalue weighted by atomic mass is 16.6. The van der Waals surface area contributed by atoms with Gasteiger partial charge in [-0.2, -0.15) is 0 Å². The van der Waals surface area contributed by atoms with Crippen molar-refractivity contribution in [3.8, 4) is 11.4 Å². The van der Waals surface area contributed by atoms with Crippen molar-refractivity contribution >= 4 is 5.69 Å². The standard InChI is InChI=1S/C13H16N4O3/c1-13(2,3)16-11(8-18)14-15-12(16)9-4-6-10(7-5-9)17(19)20/h4-7,18H,8H2,1-3H3. The number of aromatic nitrogens is 3. The van der Waals surface area contributed by atoms with Crippen molar-refractivity contribution in [2.45, 2.75) is 32.9 Å². The summed E-state index contributed by atoms with van der Waals surface area (Å²) in [7, 11) is 0. The highest BCUT2D eigenvalue weighted by Gasteiger charge is 2.23. The van der Waals surface area contributed by atoms with Crippen LogP contribution in [0.15, 0.2) is 24.3 Å². The molecule has 0 bridgehead atoms. The number of aliphatic hydroxyl groups excluding tert-OH is 1. The van der Waals surface area contributed by atoms with Gasteiger partial charge < -0.3 is 9.67 Å². The lowest BCUT2D eigenvalue weighted by molar-refractivity contribution is -0.384. The maximum absolute atomic E-state index is 10.7. The highest BCUT2D eigenvalue weighted by Crippen LogP contribution is 2.27. The molecule has 1 aromatic carbocycles. The van der Waals surface area contributed by atoms with Crippen LogP contribution in [0, 0.1) is 10.1 Å². The number of hydrogen-bond donors (Lipinski definition) is 1. The smallest absolute Gasteiger partial charge is 0.269 e. The first-order chi connectivity index (χ1) is 9.34. The Hall–Kier alpha value is -2.28. The average molecular weight is 276 g/mol. The first-order valence-corrected chi connectivity index (χ1v) is 6.15. The summed E-state index contributed by atoms with van der Waals surface area (Å²) in [4.78, 5) is 10.2. The molecule has 0 spiro atoms. The molecule has 1 N–H and O–H groups in total. The molecule has 1 aromatic heterocycles. The van der Waals surface area contributed by atoms with Gasteiger partial charge in [-0.05, 0) is 32.9 Å². The van der Waals surface area contributed by atoms with Crippen LogP contribution in [0.25, 0.3) is 11.4 Å². The van der Waals surface area contributed by atoms with Gasteiger partial charge in [0.25, 0.3) is 5.69 Å². The van der Waals surface area contributed by atoms with E-state index in [1.807, 2.05) is 25.3 Å². The molecule has 0 amide bonds. The Morgan fingerprint density at radius 2 is 1.85 bits per heavy atom. The van der Waals surface area contributed by atoms with E-state index in [4.69, 9.17) is 0 Å². The third kappa shape index (κ3) is 2.53. The molecule has 0 radical (unpaired) electrons. The van der Waals surface area contributed by atoms with Crippen LogP contribution in [0.1, 0.15) is 26.6 Å². The minimum atomic E-state index is -0.447. The number of nitrogens with zero attached hydrogens (tertiary/aromatic N) is 4. The van der Waals surface area contributed by atoms with Gasteiger partial charge in [-0.3, -0.25) is 10.1 Å². The number of non-ortho nitro benzene ring substituents is 1. The van der Waals surface area contributed by atoms with E-state index in [0.29, 0.717) is 11.6 Å². The summed E-state index contributed by atoms with van der Waals surface area (Å²) in [6.07, 6.45) is 0. The molecular formula is C13H16N4O3. The Bertz CT molecular complexity index is 626. The molecule has 0 aliphatic heterocycles. The lowest BCUT2D eigenvalue weighted by atomic mass is 10.1. The fourth-order valence-electron chi connectivity index (χ4n) is 2.04. The zero-order chi connectivity index (χ0) is 14.9. The fourth-order valence-corrected chi connectivity index (χ4v) is 2.04. The van der Waals surface area contributed by atoms with Crippen molar-refractivity contribution in [3.05, 3.63) is 40.2 Å². The zero-order valence-electron chi connectivity index (χ0n) is 11.6. The van der Waals surface area contributed by atoms with E-state index in [1.54, 1.807) is 12.1 Å². The first-order valence-electron chi connectivity index (χ1n) is 6.15. The predicted molar refractivity (Wildman–Crippen MR) is 73.0 cm³/mol. The number of nitro benzene ring substituents is 1. The second-order valence-electron chi connectivity index (χ2n) is 5.41. The molecule has 106 valence electrons. The Balaban J connectivity index is 2.53. The van der Waals surface area contributed by atoms with E-state index in [0.717, 1.165) is 5.56 Å². The average Bonchev–Trinajstić information content (AvgIpc) is 2.82. The summed E-state index contributed by atoms with van der Waals surface area (Å²) in [5.41, 5.74) is 0.439. The van der Waals surface area contributed by atoms with Crippen LogP contribution in [0.3, 0.4) is 0 Å². The Morgan fingerprint density at radius 3 is 2.30 bits per heavy atom. The quantitative estimate of drug-likeness (QED) is 0.684. The molecule has 2 aromatic rings. The summed E-state index contributed by atoms with van der Waals surface area (Å²) < 4.78 is 1.83. The molecule has 0 saturated heterocycles. The Kier molecular flexibility index (Phi) is 3.54. The molecule has 0 aliphatic rings. The summed E-state index contributed by atoms with van der Waals surface area (Å²) in [5.74, 6) is 1.04. The summed E-state index contributed by atoms with van der Waals surface area (Å²) in [6.45, 7) is 5.72. The maximum Gasteiger partial charge on any atom is 0.269 e. The second-order valence-corrected chi connectivity index (χ2v) is 5.41. The van der Waals surface area contributed by atoms with E-state index in [-0.39, 0.29) is 17.8 Å². The Labute approximate surface area is 116 Å². The van der Waals surface area contributed by atoms with Gasteiger partial charge in [-0.25, -0.2) is 0 Å². The van der Waals surface area contributed by atoms with Gasteiger partial charge in [0.05, 0.1) is 4.92 Å². The van der Waals surface area contributed by atoms with Crippen molar-refractivity contribution in [1.82, 2.24) is 14.8 Å². The van der Waals surface area contributed by atoms with Crippen molar-refractivity contribution in [3.63, 3.8) is 0 Å². The van der Waals surface area contributed by atoms with E-state index >= 15 is 0 Å². The molecule has 0 atom stereocenters. The van der Waals surface area contributed by atoms with Crippen LogP contribution >= 0.6 is 0 Å². The van der Waals surface area contributed by atoms with Crippen LogP contribution < -0.4 is 0 Å². The van der Waals surface area contributed by atoms with Crippen LogP contribution in [-0.4, -0.2) is 24.8 Å². The molecule has 0 saturated carbocycles. The summed E-state index contributed by atoms with van der Waals surface area (Å²) >= 11 is 0. The molecule has 0 aliphatic carbocycles. The number of nitro groups is 1. The number of aliphatic hydroxyl groups is 1. The maximum atomic E-state index is 10.7. The van der Waals surface area contributed by atoms with Gasteiger partial charge in [0, 0.05) is 23.2 Å². The largest absolute Gasteiger partial charge is 0.388 e. The van der Waals surface area contributed by atoms with Gasteiger partial charge in [0.15, 0.2) is 11.6 Å². The minimum Gasteiger partial charge on any atom is -0.388 e. The normalized spacial score (nSPS) is 11.6. The van der Waals surface area contributed by atoms with Crippen LogP contribution in [0.5, 0.6) is 0 Å². The van der Waals surface area contributed by atoms with Crippen LogP contribution in [-0.2, 0) is 12.1 Å². The van der Waals surface area contributed by atoms with Gasteiger partial charge in [0.2, 0.25) is 0 Å². The third-order valence-electron chi connectivity index (χ3n) is 2.88. The van der Waals surface area contributed by atoms with Crippen LogP contribution in [0.2, 0.25) is 0 Å². The van der Waals surface area contributed by atoms with E-state index < -0.39 is 4.92 Å². The van der Waals surface area contributed by atoms with Crippen molar-refractivity contribution in [2.24, 2.45) is 0 Å². The van der Waals surface area contributed by atoms with Crippen molar-refractivity contribution in [2.75, 3.05) is 0 Å². The molecule has 0 fully saturated rings. The van der Waals surface area contributed by atoms with Crippen molar-refractivity contribution in [1.29, 1.82) is 0 Å². The lowest BCUT2D eigenvalue weighted by Gasteiger charge is -2.24. The third-order valence-corrected chi connectivity index (χ3v) is 2.88. The fraction of sp³-hybridized carbons (Fsp3) is 0.385. The number of rotatable bonds is 3. The van der Waals surface area contributed by atoms with Crippen LogP contribution in [0.4, 0.5) is 5.69 Å². The van der Waals surface area contributed by atoms with Gasteiger partial charge in [0.1, 0.15) is 6.61 Å². The van der Waals surface area contributed by atoms with E-state index in [1.165, 1.54) is 12.1 Å². The second kappa shape index (κ2) is 5.01. The monoisotopic (exact) mass is 276 g/mol. The van der Waals surface area contributed by atoms with Gasteiger partial charge >= 0.3 is 0 Å². The van der Waals surface area contributed by atoms with Gasteiger partial charge in [-0.1, -0.05) is 0 Å². The predicted octanol–water partition coefficient (Wildman–Crippen LogP) is 2.10. The highest BCUT2D eigenvalue weighted by molar-refractivity contribution is 5.58. The van der Waals surface area contributed by atoms with Gasteiger partial charge in [-0.15, -0.1) is 10.2 Å². The minimum absolute atomic E-state index is 0.0259. The Morgan fingerprint density at radius 1 is 1.25 bits per heavy atom. The van der Waals surface area contributed by atoms with E-state index in [9.17, 15) is 15.2 Å².